The molecule has 160 valence electrons. The van der Waals surface area contributed by atoms with Crippen molar-refractivity contribution in [2.75, 3.05) is 6.54 Å². The first-order chi connectivity index (χ1) is 14.2. The van der Waals surface area contributed by atoms with Gasteiger partial charge < -0.3 is 14.7 Å². The second-order valence-corrected chi connectivity index (χ2v) is 10.0. The van der Waals surface area contributed by atoms with Crippen LogP contribution in [0.3, 0.4) is 0 Å². The molecule has 2 aromatic carbocycles. The standard InChI is InChI=1S/C20H20Br2N2O5S/c1-3-7-23-30(27,28)12-5-6-13-17(10-12)29-16(4-2)18(13)19(24-26)11-8-14(21)20(25)15(22)9-11/h5-6,8-10,23,25-26H,3-4,7H2,1-2H3. The molecule has 0 aliphatic heterocycles. The monoisotopic (exact) mass is 558 g/mol. The van der Waals surface area contributed by atoms with Gasteiger partial charge in [0.1, 0.15) is 22.8 Å². The third-order valence-corrected chi connectivity index (χ3v) is 7.20. The number of sulfonamides is 1. The zero-order valence-corrected chi connectivity index (χ0v) is 20.2. The summed E-state index contributed by atoms with van der Waals surface area (Å²) < 4.78 is 34.2. The van der Waals surface area contributed by atoms with E-state index in [1.165, 1.54) is 12.1 Å². The number of rotatable bonds is 7. The number of halogens is 2. The van der Waals surface area contributed by atoms with Crippen LogP contribution < -0.4 is 4.72 Å². The lowest BCUT2D eigenvalue weighted by atomic mass is 9.98. The van der Waals surface area contributed by atoms with E-state index in [9.17, 15) is 18.7 Å². The molecule has 0 unspecified atom stereocenters. The molecule has 0 atom stereocenters. The zero-order chi connectivity index (χ0) is 22.1. The van der Waals surface area contributed by atoms with Crippen molar-refractivity contribution in [3.8, 4) is 5.75 Å². The number of benzene rings is 2. The van der Waals surface area contributed by atoms with Crippen molar-refractivity contribution in [2.24, 2.45) is 5.16 Å². The van der Waals surface area contributed by atoms with Crippen LogP contribution in [0.25, 0.3) is 11.0 Å². The van der Waals surface area contributed by atoms with Crippen molar-refractivity contribution in [3.05, 3.63) is 56.2 Å². The minimum atomic E-state index is -3.65. The summed E-state index contributed by atoms with van der Waals surface area (Å²) >= 11 is 6.56. The molecule has 30 heavy (non-hydrogen) atoms. The first-order valence-corrected chi connectivity index (χ1v) is 12.3. The number of nitrogens with zero attached hydrogens (tertiary/aromatic N) is 1. The minimum Gasteiger partial charge on any atom is -0.506 e. The predicted molar refractivity (Wildman–Crippen MR) is 122 cm³/mol. The molecule has 0 aliphatic carbocycles. The van der Waals surface area contributed by atoms with Crippen molar-refractivity contribution in [2.45, 2.75) is 31.6 Å². The molecule has 0 fully saturated rings. The van der Waals surface area contributed by atoms with E-state index in [4.69, 9.17) is 4.42 Å². The van der Waals surface area contributed by atoms with Gasteiger partial charge in [0.15, 0.2) is 0 Å². The normalized spacial score (nSPS) is 12.6. The average Bonchev–Trinajstić information content (AvgIpc) is 3.09. The van der Waals surface area contributed by atoms with Crippen LogP contribution in [-0.2, 0) is 16.4 Å². The van der Waals surface area contributed by atoms with E-state index in [0.29, 0.717) is 56.2 Å². The minimum absolute atomic E-state index is 0.0261. The van der Waals surface area contributed by atoms with Gasteiger partial charge in [0.2, 0.25) is 10.0 Å². The van der Waals surface area contributed by atoms with E-state index in [0.717, 1.165) is 0 Å². The van der Waals surface area contributed by atoms with E-state index in [1.54, 1.807) is 18.2 Å². The van der Waals surface area contributed by atoms with Crippen LogP contribution >= 0.6 is 31.9 Å². The first-order valence-electron chi connectivity index (χ1n) is 9.19. The van der Waals surface area contributed by atoms with Gasteiger partial charge in [0.05, 0.1) is 19.4 Å². The molecule has 0 saturated carbocycles. The number of hydrogen-bond donors (Lipinski definition) is 3. The van der Waals surface area contributed by atoms with Crippen LogP contribution in [0.5, 0.6) is 5.75 Å². The van der Waals surface area contributed by atoms with Gasteiger partial charge >= 0.3 is 0 Å². The Morgan fingerprint density at radius 2 is 1.83 bits per heavy atom. The molecule has 3 N–H and O–H groups in total. The molecular weight excluding hydrogens is 540 g/mol. The Balaban J connectivity index is 2.18. The summed E-state index contributed by atoms with van der Waals surface area (Å²) in [5.74, 6) is 0.576. The lowest BCUT2D eigenvalue weighted by Crippen LogP contribution is -2.24. The summed E-state index contributed by atoms with van der Waals surface area (Å²) in [5.41, 5.74) is 1.71. The molecule has 0 aliphatic rings. The van der Waals surface area contributed by atoms with Gasteiger partial charge in [-0.25, -0.2) is 13.1 Å². The number of aryl methyl sites for hydroxylation is 1. The SMILES string of the molecule is CCCNS(=O)(=O)c1ccc2c(C(=NO)c3cc(Br)c(O)c(Br)c3)c(CC)oc2c1. The van der Waals surface area contributed by atoms with E-state index < -0.39 is 10.0 Å². The number of fused-ring (bicyclic) bond motifs is 1. The molecule has 0 bridgehead atoms. The van der Waals surface area contributed by atoms with Crippen LogP contribution in [0, 0.1) is 0 Å². The van der Waals surface area contributed by atoms with Crippen LogP contribution in [0.15, 0.2) is 53.7 Å². The number of hydrogen-bond acceptors (Lipinski definition) is 6. The van der Waals surface area contributed by atoms with Crippen LogP contribution in [-0.4, -0.2) is 31.0 Å². The second-order valence-electron chi connectivity index (χ2n) is 6.55. The highest BCUT2D eigenvalue weighted by Crippen LogP contribution is 2.36. The molecule has 10 heteroatoms. The highest BCUT2D eigenvalue weighted by molar-refractivity contribution is 9.11. The maximum Gasteiger partial charge on any atom is 0.240 e. The van der Waals surface area contributed by atoms with Gasteiger partial charge in [-0.15, -0.1) is 0 Å². The van der Waals surface area contributed by atoms with Gasteiger partial charge in [-0.05, 0) is 62.5 Å². The zero-order valence-electron chi connectivity index (χ0n) is 16.2. The predicted octanol–water partition coefficient (Wildman–Crippen LogP) is 5.14. The van der Waals surface area contributed by atoms with Crippen LogP contribution in [0.4, 0.5) is 0 Å². The van der Waals surface area contributed by atoms with Crippen molar-refractivity contribution in [1.29, 1.82) is 0 Å². The van der Waals surface area contributed by atoms with Crippen LogP contribution in [0.1, 0.15) is 37.2 Å². The van der Waals surface area contributed by atoms with Gasteiger partial charge in [0, 0.05) is 30.0 Å². The summed E-state index contributed by atoms with van der Waals surface area (Å²) in [7, 11) is -3.65. The fourth-order valence-corrected chi connectivity index (χ4v) is 5.41. The fraction of sp³-hybridized carbons (Fsp3) is 0.250. The highest BCUT2D eigenvalue weighted by atomic mass is 79.9. The Morgan fingerprint density at radius 1 is 1.17 bits per heavy atom. The van der Waals surface area contributed by atoms with Gasteiger partial charge in [-0.3, -0.25) is 0 Å². The molecule has 1 heterocycles. The Bertz CT molecular complexity index is 1210. The van der Waals surface area contributed by atoms with E-state index in [2.05, 4.69) is 41.7 Å². The van der Waals surface area contributed by atoms with Gasteiger partial charge in [-0.2, -0.15) is 0 Å². The molecule has 0 spiro atoms. The molecule has 7 nitrogen and oxygen atoms in total. The maximum absolute atomic E-state index is 12.5. The number of oxime groups is 1. The Morgan fingerprint density at radius 3 is 2.40 bits per heavy atom. The summed E-state index contributed by atoms with van der Waals surface area (Å²) in [4.78, 5) is 0.101. The number of phenols is 1. The molecule has 1 aromatic heterocycles. The quantitative estimate of drug-likeness (QED) is 0.211. The summed E-state index contributed by atoms with van der Waals surface area (Å²) in [5, 5.41) is 23.9. The van der Waals surface area contributed by atoms with E-state index in [1.807, 2.05) is 13.8 Å². The lowest BCUT2D eigenvalue weighted by molar-refractivity contribution is 0.319. The number of aromatic hydroxyl groups is 1. The van der Waals surface area contributed by atoms with E-state index in [-0.39, 0.29) is 16.4 Å². The Hall–Kier alpha value is -1.88. The largest absolute Gasteiger partial charge is 0.506 e. The smallest absolute Gasteiger partial charge is 0.240 e. The first kappa shape index (κ1) is 22.8. The van der Waals surface area contributed by atoms with Crippen molar-refractivity contribution >= 4 is 58.6 Å². The van der Waals surface area contributed by atoms with Crippen molar-refractivity contribution < 1.29 is 23.1 Å². The topological polar surface area (TPSA) is 112 Å². The third kappa shape index (κ3) is 4.27. The van der Waals surface area contributed by atoms with Crippen LogP contribution in [0.2, 0.25) is 0 Å². The summed E-state index contributed by atoms with van der Waals surface area (Å²) in [6.45, 7) is 4.11. The number of phenolic OH excluding ortho intramolecular Hbond substituents is 1. The average molecular weight is 560 g/mol. The summed E-state index contributed by atoms with van der Waals surface area (Å²) in [6.07, 6.45) is 1.18. The number of nitrogens with one attached hydrogen (secondary N) is 1. The van der Waals surface area contributed by atoms with E-state index >= 15 is 0 Å². The third-order valence-electron chi connectivity index (χ3n) is 4.54. The molecule has 3 aromatic rings. The highest BCUT2D eigenvalue weighted by Gasteiger charge is 2.23. The molecule has 3 rings (SSSR count). The number of furan rings is 1. The summed E-state index contributed by atoms with van der Waals surface area (Å²) in [6, 6.07) is 7.86. The fourth-order valence-electron chi connectivity index (χ4n) is 3.08. The Labute approximate surface area is 191 Å². The molecule has 0 saturated heterocycles. The molecular formula is C20H20Br2N2O5S. The molecule has 0 amide bonds. The maximum atomic E-state index is 12.5. The van der Waals surface area contributed by atoms with Gasteiger partial charge in [0.25, 0.3) is 0 Å². The lowest BCUT2D eigenvalue weighted by Gasteiger charge is -2.09. The van der Waals surface area contributed by atoms with Gasteiger partial charge in [-0.1, -0.05) is 19.0 Å². The molecule has 0 radical (unpaired) electrons. The van der Waals surface area contributed by atoms with Crippen molar-refractivity contribution in [1.82, 2.24) is 4.72 Å². The van der Waals surface area contributed by atoms with Crippen molar-refractivity contribution in [3.63, 3.8) is 0 Å². The Kier molecular flexibility index (Phi) is 6.91. The second kappa shape index (κ2) is 9.09.